The number of rotatable bonds is 7. The second-order valence-corrected chi connectivity index (χ2v) is 5.43. The zero-order chi connectivity index (χ0) is 13.5. The molecule has 0 heterocycles. The Bertz CT molecular complexity index is 429. The van der Waals surface area contributed by atoms with Gasteiger partial charge in [0.15, 0.2) is 5.78 Å². The van der Waals surface area contributed by atoms with Gasteiger partial charge in [0, 0.05) is 17.9 Å². The van der Waals surface area contributed by atoms with Crippen molar-refractivity contribution < 1.29 is 9.53 Å². The Labute approximate surface area is 120 Å². The van der Waals surface area contributed by atoms with Gasteiger partial charge in [0.2, 0.25) is 0 Å². The lowest BCUT2D eigenvalue weighted by Crippen LogP contribution is -2.10. The zero-order valence-corrected chi connectivity index (χ0v) is 12.0. The molecule has 0 amide bonds. The van der Waals surface area contributed by atoms with Crippen LogP contribution in [0.5, 0.6) is 5.75 Å². The lowest BCUT2D eigenvalue weighted by atomic mass is 9.90. The summed E-state index contributed by atoms with van der Waals surface area (Å²) in [5.74, 6) is 1.92. The van der Waals surface area contributed by atoms with Crippen LogP contribution in [0.25, 0.3) is 0 Å². The van der Waals surface area contributed by atoms with Gasteiger partial charge in [-0.1, -0.05) is 12.8 Å². The molecule has 0 atom stereocenters. The highest BCUT2D eigenvalue weighted by atomic mass is 35.5. The van der Waals surface area contributed by atoms with Crippen LogP contribution in [-0.2, 0) is 6.42 Å². The maximum Gasteiger partial charge on any atom is 0.163 e. The van der Waals surface area contributed by atoms with Crippen LogP contribution in [0.3, 0.4) is 0 Å². The summed E-state index contributed by atoms with van der Waals surface area (Å²) in [6.07, 6.45) is 7.13. The van der Waals surface area contributed by atoms with E-state index >= 15 is 0 Å². The molecule has 19 heavy (non-hydrogen) atoms. The second-order valence-electron chi connectivity index (χ2n) is 5.05. The summed E-state index contributed by atoms with van der Waals surface area (Å²) in [6, 6.07) is 5.87. The fraction of sp³-hybridized carbons (Fsp3) is 0.562. The van der Waals surface area contributed by atoms with Crippen molar-refractivity contribution in [1.29, 1.82) is 0 Å². The number of Topliss-reactive ketones (excluding diaryl/α,β-unsaturated/α-hetero) is 1. The van der Waals surface area contributed by atoms with Gasteiger partial charge in [-0.2, -0.15) is 0 Å². The average molecular weight is 281 g/mol. The summed E-state index contributed by atoms with van der Waals surface area (Å²) >= 11 is 5.63. The maximum absolute atomic E-state index is 11.7. The molecule has 0 radical (unpaired) electrons. The number of ketones is 1. The normalized spacial score (nSPS) is 14.3. The number of hydrogen-bond donors (Lipinski definition) is 0. The topological polar surface area (TPSA) is 26.3 Å². The first kappa shape index (κ1) is 14.4. The summed E-state index contributed by atoms with van der Waals surface area (Å²) < 4.78 is 5.74. The van der Waals surface area contributed by atoms with Gasteiger partial charge in [-0.05, 0) is 49.4 Å². The quantitative estimate of drug-likeness (QED) is 0.547. The molecule has 0 N–H and O–H groups in total. The second kappa shape index (κ2) is 7.54. The molecule has 0 bridgehead atoms. The van der Waals surface area contributed by atoms with E-state index in [-0.39, 0.29) is 5.78 Å². The van der Waals surface area contributed by atoms with E-state index < -0.39 is 0 Å². The van der Waals surface area contributed by atoms with Gasteiger partial charge in [-0.15, -0.1) is 11.6 Å². The highest BCUT2D eigenvalue weighted by molar-refractivity contribution is 6.17. The molecule has 1 aromatic carbocycles. The van der Waals surface area contributed by atoms with E-state index in [4.69, 9.17) is 16.3 Å². The molecule has 104 valence electrons. The Balaban J connectivity index is 1.80. The standard InChI is InChI=1S/C16H21ClO2/c17-10-3-1-2-4-11-19-14-8-9-15-13(12-14)6-5-7-16(15)18/h8-9,12H,1-7,10-11H2. The van der Waals surface area contributed by atoms with Crippen molar-refractivity contribution in [1.82, 2.24) is 0 Å². The summed E-state index contributed by atoms with van der Waals surface area (Å²) in [4.78, 5) is 11.7. The number of hydrogen-bond acceptors (Lipinski definition) is 2. The number of carbonyl (C=O) groups is 1. The van der Waals surface area contributed by atoms with E-state index in [2.05, 4.69) is 0 Å². The molecule has 0 saturated carbocycles. The lowest BCUT2D eigenvalue weighted by Gasteiger charge is -2.16. The molecule has 1 aliphatic carbocycles. The Kier molecular flexibility index (Phi) is 5.71. The van der Waals surface area contributed by atoms with Crippen LogP contribution in [0.4, 0.5) is 0 Å². The van der Waals surface area contributed by atoms with E-state index in [1.165, 1.54) is 6.42 Å². The van der Waals surface area contributed by atoms with Crippen LogP contribution in [-0.4, -0.2) is 18.3 Å². The summed E-state index contributed by atoms with van der Waals surface area (Å²) in [5.41, 5.74) is 2.04. The van der Waals surface area contributed by atoms with Gasteiger partial charge in [0.1, 0.15) is 5.75 Å². The van der Waals surface area contributed by atoms with Crippen LogP contribution in [0.1, 0.15) is 54.4 Å². The Hall–Kier alpha value is -1.02. The number of benzene rings is 1. The number of unbranched alkanes of at least 4 members (excludes halogenated alkanes) is 3. The third kappa shape index (κ3) is 4.24. The third-order valence-corrected chi connectivity index (χ3v) is 3.79. The zero-order valence-electron chi connectivity index (χ0n) is 11.3. The molecule has 2 rings (SSSR count). The largest absolute Gasteiger partial charge is 0.494 e. The van der Waals surface area contributed by atoms with E-state index in [9.17, 15) is 4.79 Å². The minimum atomic E-state index is 0.272. The van der Waals surface area contributed by atoms with Crippen molar-refractivity contribution in [2.24, 2.45) is 0 Å². The number of aryl methyl sites for hydroxylation is 1. The van der Waals surface area contributed by atoms with Gasteiger partial charge in [0.25, 0.3) is 0 Å². The first-order chi connectivity index (χ1) is 9.31. The summed E-state index contributed by atoms with van der Waals surface area (Å²) in [6.45, 7) is 0.745. The summed E-state index contributed by atoms with van der Waals surface area (Å²) in [5, 5.41) is 0. The minimum Gasteiger partial charge on any atom is -0.494 e. The predicted molar refractivity (Wildman–Crippen MR) is 78.4 cm³/mol. The van der Waals surface area contributed by atoms with Crippen molar-refractivity contribution in [3.05, 3.63) is 29.3 Å². The fourth-order valence-corrected chi connectivity index (χ4v) is 2.64. The van der Waals surface area contributed by atoms with Gasteiger partial charge in [-0.3, -0.25) is 4.79 Å². The number of carbonyl (C=O) groups excluding carboxylic acids is 1. The van der Waals surface area contributed by atoms with Gasteiger partial charge in [-0.25, -0.2) is 0 Å². The predicted octanol–water partition coefficient (Wildman–Crippen LogP) is 4.38. The van der Waals surface area contributed by atoms with E-state index in [1.807, 2.05) is 18.2 Å². The fourth-order valence-electron chi connectivity index (χ4n) is 2.45. The van der Waals surface area contributed by atoms with Crippen molar-refractivity contribution in [2.45, 2.75) is 44.9 Å². The average Bonchev–Trinajstić information content (AvgIpc) is 2.43. The molecule has 1 aliphatic rings. The minimum absolute atomic E-state index is 0.272. The highest BCUT2D eigenvalue weighted by Crippen LogP contribution is 2.25. The van der Waals surface area contributed by atoms with Crippen LogP contribution in [0, 0.1) is 0 Å². The van der Waals surface area contributed by atoms with Crippen molar-refractivity contribution in [3.8, 4) is 5.75 Å². The smallest absolute Gasteiger partial charge is 0.163 e. The number of halogens is 1. The van der Waals surface area contributed by atoms with E-state index in [0.717, 1.165) is 61.5 Å². The molecule has 0 aromatic heterocycles. The molecule has 0 fully saturated rings. The van der Waals surface area contributed by atoms with Crippen LogP contribution >= 0.6 is 11.6 Å². The Morgan fingerprint density at radius 1 is 1.11 bits per heavy atom. The Morgan fingerprint density at radius 3 is 2.79 bits per heavy atom. The molecule has 0 aliphatic heterocycles. The molecular formula is C16H21ClO2. The van der Waals surface area contributed by atoms with Crippen LogP contribution < -0.4 is 4.74 Å². The monoisotopic (exact) mass is 280 g/mol. The van der Waals surface area contributed by atoms with Gasteiger partial charge < -0.3 is 4.74 Å². The van der Waals surface area contributed by atoms with Crippen LogP contribution in [0.2, 0.25) is 0 Å². The van der Waals surface area contributed by atoms with Gasteiger partial charge >= 0.3 is 0 Å². The van der Waals surface area contributed by atoms with Crippen LogP contribution in [0.15, 0.2) is 18.2 Å². The highest BCUT2D eigenvalue weighted by Gasteiger charge is 2.17. The van der Waals surface area contributed by atoms with E-state index in [0.29, 0.717) is 6.42 Å². The third-order valence-electron chi connectivity index (χ3n) is 3.52. The molecule has 0 unspecified atom stereocenters. The molecule has 2 nitrogen and oxygen atoms in total. The summed E-state index contributed by atoms with van der Waals surface area (Å²) in [7, 11) is 0. The molecular weight excluding hydrogens is 260 g/mol. The number of alkyl halides is 1. The molecule has 0 saturated heterocycles. The van der Waals surface area contributed by atoms with E-state index in [1.54, 1.807) is 0 Å². The first-order valence-electron chi connectivity index (χ1n) is 7.16. The van der Waals surface area contributed by atoms with Crippen molar-refractivity contribution >= 4 is 17.4 Å². The SMILES string of the molecule is O=C1CCCc2cc(OCCCCCCCl)ccc21. The number of ether oxygens (including phenoxy) is 1. The lowest BCUT2D eigenvalue weighted by molar-refractivity contribution is 0.0972. The Morgan fingerprint density at radius 2 is 1.95 bits per heavy atom. The van der Waals surface area contributed by atoms with Gasteiger partial charge in [0.05, 0.1) is 6.61 Å². The molecule has 1 aromatic rings. The molecule has 0 spiro atoms. The first-order valence-corrected chi connectivity index (χ1v) is 7.69. The number of fused-ring (bicyclic) bond motifs is 1. The van der Waals surface area contributed by atoms with Crippen molar-refractivity contribution in [3.63, 3.8) is 0 Å². The molecule has 3 heteroatoms. The maximum atomic E-state index is 11.7. The van der Waals surface area contributed by atoms with Crippen molar-refractivity contribution in [2.75, 3.05) is 12.5 Å².